The summed E-state index contributed by atoms with van der Waals surface area (Å²) in [5.74, 6) is 1.79. The number of pyridine rings is 1. The quantitative estimate of drug-likeness (QED) is 0.432. The minimum Gasteiger partial charge on any atom is -0.493 e. The topological polar surface area (TPSA) is 58.5 Å². The van der Waals surface area contributed by atoms with Crippen molar-refractivity contribution in [3.05, 3.63) is 58.9 Å². The van der Waals surface area contributed by atoms with Crippen LogP contribution < -0.4 is 15.4 Å². The second kappa shape index (κ2) is 10.4. The van der Waals surface area contributed by atoms with E-state index in [0.717, 1.165) is 36.9 Å². The summed E-state index contributed by atoms with van der Waals surface area (Å²) in [6, 6.07) is 10.2. The maximum atomic E-state index is 5.96. The fourth-order valence-electron chi connectivity index (χ4n) is 2.61. The Morgan fingerprint density at radius 1 is 1.15 bits per heavy atom. The third-order valence-corrected chi connectivity index (χ3v) is 4.10. The van der Waals surface area contributed by atoms with Gasteiger partial charge < -0.3 is 15.4 Å². The van der Waals surface area contributed by atoms with E-state index < -0.39 is 0 Å². The Kier molecular flexibility index (Phi) is 7.93. The molecule has 1 aromatic carbocycles. The van der Waals surface area contributed by atoms with Gasteiger partial charge in [0.15, 0.2) is 5.96 Å². The molecule has 0 amide bonds. The fraction of sp³-hybridized carbons (Fsp3) is 0.429. The maximum Gasteiger partial charge on any atom is 0.191 e. The monoisotopic (exact) mass is 354 g/mol. The summed E-state index contributed by atoms with van der Waals surface area (Å²) in [4.78, 5) is 8.86. The van der Waals surface area contributed by atoms with Gasteiger partial charge in [-0.3, -0.25) is 4.98 Å². The lowest BCUT2D eigenvalue weighted by atomic mass is 10.1. The fourth-order valence-corrected chi connectivity index (χ4v) is 2.61. The highest BCUT2D eigenvalue weighted by molar-refractivity contribution is 5.79. The molecule has 0 aliphatic carbocycles. The van der Waals surface area contributed by atoms with Crippen LogP contribution >= 0.6 is 0 Å². The Bertz CT molecular complexity index is 713. The first kappa shape index (κ1) is 19.8. The van der Waals surface area contributed by atoms with E-state index >= 15 is 0 Å². The molecule has 0 spiro atoms. The number of guanidine groups is 1. The minimum absolute atomic E-state index is 0.564. The number of aliphatic imine (C=N–C) groups is 1. The van der Waals surface area contributed by atoms with E-state index in [2.05, 4.69) is 60.4 Å². The van der Waals surface area contributed by atoms with Crippen molar-refractivity contribution >= 4 is 5.96 Å². The van der Waals surface area contributed by atoms with E-state index in [1.54, 1.807) is 6.20 Å². The second-order valence-corrected chi connectivity index (χ2v) is 6.35. The normalized spacial score (nSPS) is 11.3. The molecule has 0 aliphatic heterocycles. The van der Waals surface area contributed by atoms with Gasteiger partial charge in [-0.15, -0.1) is 0 Å². The van der Waals surface area contributed by atoms with Gasteiger partial charge in [0, 0.05) is 19.3 Å². The van der Waals surface area contributed by atoms with Crippen LogP contribution in [0.4, 0.5) is 0 Å². The smallest absolute Gasteiger partial charge is 0.191 e. The van der Waals surface area contributed by atoms with Crippen LogP contribution in [0.5, 0.6) is 5.75 Å². The van der Waals surface area contributed by atoms with Crippen LogP contribution in [0.1, 0.15) is 35.7 Å². The first-order valence-corrected chi connectivity index (χ1v) is 9.23. The Morgan fingerprint density at radius 2 is 2.00 bits per heavy atom. The number of rotatable bonds is 8. The van der Waals surface area contributed by atoms with Crippen molar-refractivity contribution in [1.82, 2.24) is 15.6 Å². The zero-order chi connectivity index (χ0) is 18.8. The van der Waals surface area contributed by atoms with Crippen LogP contribution in [-0.2, 0) is 6.54 Å². The van der Waals surface area contributed by atoms with Crippen LogP contribution in [0.3, 0.4) is 0 Å². The Morgan fingerprint density at radius 3 is 2.73 bits per heavy atom. The van der Waals surface area contributed by atoms with E-state index in [0.29, 0.717) is 13.2 Å². The summed E-state index contributed by atoms with van der Waals surface area (Å²) in [6.07, 6.45) is 2.69. The predicted octanol–water partition coefficient (Wildman–Crippen LogP) is 3.53. The summed E-state index contributed by atoms with van der Waals surface area (Å²) in [7, 11) is 0. The molecule has 5 nitrogen and oxygen atoms in total. The number of aryl methyl sites for hydroxylation is 2. The molecule has 0 saturated carbocycles. The molecule has 0 radical (unpaired) electrons. The number of benzene rings is 1. The third-order valence-electron chi connectivity index (χ3n) is 4.10. The lowest BCUT2D eigenvalue weighted by molar-refractivity contribution is 0.308. The lowest BCUT2D eigenvalue weighted by Gasteiger charge is -2.14. The van der Waals surface area contributed by atoms with Crippen molar-refractivity contribution in [2.24, 2.45) is 4.99 Å². The number of hydrogen-bond acceptors (Lipinski definition) is 3. The first-order valence-electron chi connectivity index (χ1n) is 9.23. The average molecular weight is 354 g/mol. The molecule has 140 valence electrons. The van der Waals surface area contributed by atoms with E-state index in [9.17, 15) is 0 Å². The van der Waals surface area contributed by atoms with E-state index in [4.69, 9.17) is 4.74 Å². The minimum atomic E-state index is 0.564. The van der Waals surface area contributed by atoms with E-state index in [-0.39, 0.29) is 0 Å². The second-order valence-electron chi connectivity index (χ2n) is 6.35. The molecular formula is C21H30N4O. The Hall–Kier alpha value is -2.56. The molecule has 1 heterocycles. The van der Waals surface area contributed by atoms with Crippen LogP contribution in [0.15, 0.2) is 41.5 Å². The van der Waals surface area contributed by atoms with Gasteiger partial charge in [-0.1, -0.05) is 12.1 Å². The van der Waals surface area contributed by atoms with Crippen LogP contribution in [-0.4, -0.2) is 30.6 Å². The molecule has 2 N–H and O–H groups in total. The number of ether oxygens (including phenoxy) is 1. The lowest BCUT2D eigenvalue weighted by Crippen LogP contribution is -2.38. The molecule has 0 atom stereocenters. The number of nitrogens with one attached hydrogen (secondary N) is 2. The van der Waals surface area contributed by atoms with Crippen molar-refractivity contribution in [2.75, 3.05) is 19.7 Å². The van der Waals surface area contributed by atoms with Crippen LogP contribution in [0.25, 0.3) is 0 Å². The first-order chi connectivity index (χ1) is 12.6. The van der Waals surface area contributed by atoms with Gasteiger partial charge in [-0.2, -0.15) is 0 Å². The molecule has 1 aromatic heterocycles. The Labute approximate surface area is 156 Å². The molecule has 2 aromatic rings. The van der Waals surface area contributed by atoms with Gasteiger partial charge in [0.25, 0.3) is 0 Å². The highest BCUT2D eigenvalue weighted by Gasteiger charge is 2.04. The number of nitrogens with zero attached hydrogens (tertiary/aromatic N) is 2. The maximum absolute atomic E-state index is 5.96. The van der Waals surface area contributed by atoms with Crippen molar-refractivity contribution in [3.63, 3.8) is 0 Å². The van der Waals surface area contributed by atoms with Crippen molar-refractivity contribution in [1.29, 1.82) is 0 Å². The highest BCUT2D eigenvalue weighted by Crippen LogP contribution is 2.23. The molecule has 0 unspecified atom stereocenters. The zero-order valence-electron chi connectivity index (χ0n) is 16.3. The molecule has 0 fully saturated rings. The van der Waals surface area contributed by atoms with Gasteiger partial charge in [0.2, 0.25) is 0 Å². The van der Waals surface area contributed by atoms with Gasteiger partial charge in [-0.25, -0.2) is 4.99 Å². The van der Waals surface area contributed by atoms with Gasteiger partial charge in [0.1, 0.15) is 5.75 Å². The number of aromatic nitrogens is 1. The van der Waals surface area contributed by atoms with E-state index in [1.807, 2.05) is 18.2 Å². The zero-order valence-corrected chi connectivity index (χ0v) is 16.3. The average Bonchev–Trinajstić information content (AvgIpc) is 2.64. The third kappa shape index (κ3) is 6.39. The van der Waals surface area contributed by atoms with Crippen molar-refractivity contribution in [3.8, 4) is 5.75 Å². The highest BCUT2D eigenvalue weighted by atomic mass is 16.5. The van der Waals surface area contributed by atoms with Gasteiger partial charge >= 0.3 is 0 Å². The van der Waals surface area contributed by atoms with Crippen LogP contribution in [0.2, 0.25) is 0 Å². The molecule has 0 aliphatic rings. The van der Waals surface area contributed by atoms with Gasteiger partial charge in [0.05, 0.1) is 18.8 Å². The summed E-state index contributed by atoms with van der Waals surface area (Å²) < 4.78 is 5.96. The molecular weight excluding hydrogens is 324 g/mol. The molecule has 0 saturated heterocycles. The molecule has 2 rings (SSSR count). The summed E-state index contributed by atoms with van der Waals surface area (Å²) in [5.41, 5.74) is 4.68. The Balaban J connectivity index is 1.77. The molecule has 26 heavy (non-hydrogen) atoms. The molecule has 0 bridgehead atoms. The summed E-state index contributed by atoms with van der Waals surface area (Å²) in [5, 5.41) is 6.60. The van der Waals surface area contributed by atoms with Crippen molar-refractivity contribution < 1.29 is 4.74 Å². The summed E-state index contributed by atoms with van der Waals surface area (Å²) in [6.45, 7) is 11.3. The van der Waals surface area contributed by atoms with Crippen LogP contribution in [0, 0.1) is 20.8 Å². The molecule has 5 heteroatoms. The predicted molar refractivity (Wildman–Crippen MR) is 108 cm³/mol. The van der Waals surface area contributed by atoms with Crippen molar-refractivity contribution in [2.45, 2.75) is 40.7 Å². The number of hydrogen-bond donors (Lipinski definition) is 2. The SMILES string of the molecule is CCNC(=NCc1ccccn1)NCCCOc1cc(C)cc(C)c1C. The largest absolute Gasteiger partial charge is 0.493 e. The van der Waals surface area contributed by atoms with Gasteiger partial charge in [-0.05, 0) is 69.0 Å². The summed E-state index contributed by atoms with van der Waals surface area (Å²) >= 11 is 0. The van der Waals surface area contributed by atoms with E-state index in [1.165, 1.54) is 16.7 Å². The standard InChI is InChI=1S/C21H30N4O/c1-5-22-21(25-15-19-9-6-7-10-23-19)24-11-8-12-26-20-14-16(2)13-17(3)18(20)4/h6-7,9-10,13-14H,5,8,11-12,15H2,1-4H3,(H2,22,24,25).